The van der Waals surface area contributed by atoms with Gasteiger partial charge in [-0.3, -0.25) is 9.89 Å². The Labute approximate surface area is 177 Å². The third-order valence-electron chi connectivity index (χ3n) is 5.31. The zero-order valence-corrected chi connectivity index (χ0v) is 18.8. The van der Waals surface area contributed by atoms with Crippen molar-refractivity contribution in [3.8, 4) is 0 Å². The molecule has 0 unspecified atom stereocenters. The van der Waals surface area contributed by atoms with Crippen LogP contribution in [-0.2, 0) is 17.8 Å². The van der Waals surface area contributed by atoms with Crippen LogP contribution in [-0.4, -0.2) is 75.3 Å². The molecule has 0 atom stereocenters. The number of guanidine groups is 1. The molecule has 0 aromatic heterocycles. The van der Waals surface area contributed by atoms with Crippen molar-refractivity contribution in [1.82, 2.24) is 20.4 Å². The molecular formula is C23H41N5O. The largest absolute Gasteiger partial charge is 0.379 e. The van der Waals surface area contributed by atoms with Crippen LogP contribution in [0, 0.1) is 0 Å². The molecule has 6 nitrogen and oxygen atoms in total. The molecule has 2 N–H and O–H groups in total. The summed E-state index contributed by atoms with van der Waals surface area (Å²) >= 11 is 0. The first-order chi connectivity index (χ1) is 14.3. The molecule has 1 aromatic carbocycles. The summed E-state index contributed by atoms with van der Waals surface area (Å²) in [6.07, 6.45) is 3.58. The number of benzene rings is 1. The molecule has 1 aliphatic heterocycles. The molecule has 0 spiro atoms. The van der Waals surface area contributed by atoms with Gasteiger partial charge in [-0.05, 0) is 50.0 Å². The number of rotatable bonds is 12. The van der Waals surface area contributed by atoms with Gasteiger partial charge in [0.05, 0.1) is 13.2 Å². The lowest BCUT2D eigenvalue weighted by molar-refractivity contribution is 0.0341. The molecule has 1 aromatic rings. The fraction of sp³-hybridized carbons (Fsp3) is 0.696. The van der Waals surface area contributed by atoms with E-state index in [4.69, 9.17) is 4.74 Å². The molecule has 164 valence electrons. The lowest BCUT2D eigenvalue weighted by Gasteiger charge is -2.27. The number of aliphatic imine (C=N–C) groups is 1. The fourth-order valence-electron chi connectivity index (χ4n) is 3.76. The Morgan fingerprint density at radius 1 is 1.03 bits per heavy atom. The molecular weight excluding hydrogens is 362 g/mol. The number of hydrogen-bond donors (Lipinski definition) is 2. The SMILES string of the molecule is CCCN(CCC)CCCNC(=NC)NCc1ccccc1CN1CCOCC1. The maximum Gasteiger partial charge on any atom is 0.191 e. The molecule has 0 bridgehead atoms. The zero-order valence-electron chi connectivity index (χ0n) is 18.8. The Balaban J connectivity index is 1.76. The highest BCUT2D eigenvalue weighted by molar-refractivity contribution is 5.79. The number of morpholine rings is 1. The van der Waals surface area contributed by atoms with Crippen molar-refractivity contribution < 1.29 is 4.74 Å². The minimum Gasteiger partial charge on any atom is -0.379 e. The van der Waals surface area contributed by atoms with E-state index in [0.717, 1.165) is 64.9 Å². The van der Waals surface area contributed by atoms with E-state index >= 15 is 0 Å². The van der Waals surface area contributed by atoms with Crippen LogP contribution in [0.2, 0.25) is 0 Å². The van der Waals surface area contributed by atoms with Gasteiger partial charge in [0.15, 0.2) is 5.96 Å². The Morgan fingerprint density at radius 3 is 2.38 bits per heavy atom. The number of nitrogens with one attached hydrogen (secondary N) is 2. The number of hydrogen-bond acceptors (Lipinski definition) is 4. The van der Waals surface area contributed by atoms with Crippen molar-refractivity contribution in [2.24, 2.45) is 4.99 Å². The van der Waals surface area contributed by atoms with Crippen LogP contribution in [0.25, 0.3) is 0 Å². The maximum absolute atomic E-state index is 5.47. The lowest BCUT2D eigenvalue weighted by atomic mass is 10.1. The summed E-state index contributed by atoms with van der Waals surface area (Å²) in [6.45, 7) is 14.5. The first-order valence-corrected chi connectivity index (χ1v) is 11.3. The van der Waals surface area contributed by atoms with Crippen molar-refractivity contribution in [1.29, 1.82) is 0 Å². The molecule has 1 saturated heterocycles. The molecule has 1 aliphatic rings. The third-order valence-corrected chi connectivity index (χ3v) is 5.31. The van der Waals surface area contributed by atoms with E-state index < -0.39 is 0 Å². The van der Waals surface area contributed by atoms with Crippen LogP contribution in [0.5, 0.6) is 0 Å². The van der Waals surface area contributed by atoms with Crippen molar-refractivity contribution >= 4 is 5.96 Å². The molecule has 6 heteroatoms. The molecule has 0 radical (unpaired) electrons. The van der Waals surface area contributed by atoms with Crippen LogP contribution in [0.15, 0.2) is 29.3 Å². The predicted octanol–water partition coefficient (Wildman–Crippen LogP) is 2.70. The summed E-state index contributed by atoms with van der Waals surface area (Å²) in [6, 6.07) is 8.69. The van der Waals surface area contributed by atoms with E-state index in [9.17, 15) is 0 Å². The molecule has 2 rings (SSSR count). The molecule has 1 fully saturated rings. The highest BCUT2D eigenvalue weighted by atomic mass is 16.5. The first-order valence-electron chi connectivity index (χ1n) is 11.3. The Kier molecular flexibility index (Phi) is 11.7. The second kappa shape index (κ2) is 14.4. The van der Waals surface area contributed by atoms with Crippen molar-refractivity contribution in [2.45, 2.75) is 46.2 Å². The maximum atomic E-state index is 5.47. The minimum atomic E-state index is 0.790. The predicted molar refractivity (Wildman–Crippen MR) is 122 cm³/mol. The van der Waals surface area contributed by atoms with Gasteiger partial charge in [-0.2, -0.15) is 0 Å². The quantitative estimate of drug-likeness (QED) is 0.319. The minimum absolute atomic E-state index is 0.790. The van der Waals surface area contributed by atoms with E-state index in [1.54, 1.807) is 0 Å². The van der Waals surface area contributed by atoms with Gasteiger partial charge in [-0.1, -0.05) is 38.1 Å². The number of nitrogens with zero attached hydrogens (tertiary/aromatic N) is 3. The van der Waals surface area contributed by atoms with Crippen LogP contribution in [0.1, 0.15) is 44.2 Å². The summed E-state index contributed by atoms with van der Waals surface area (Å²) in [5, 5.41) is 6.95. The molecule has 0 saturated carbocycles. The summed E-state index contributed by atoms with van der Waals surface area (Å²) in [7, 11) is 1.84. The van der Waals surface area contributed by atoms with Gasteiger partial charge >= 0.3 is 0 Å². The van der Waals surface area contributed by atoms with Gasteiger partial charge < -0.3 is 20.3 Å². The first kappa shape index (κ1) is 23.6. The summed E-state index contributed by atoms with van der Waals surface area (Å²) in [5.74, 6) is 0.878. The second-order valence-electron chi connectivity index (χ2n) is 7.70. The number of ether oxygens (including phenoxy) is 1. The molecule has 0 amide bonds. The summed E-state index contributed by atoms with van der Waals surface area (Å²) < 4.78 is 5.47. The van der Waals surface area contributed by atoms with E-state index in [0.29, 0.717) is 0 Å². The standard InChI is InChI=1S/C23H41N5O/c1-4-12-27(13-5-2)14-8-11-25-23(24-3)26-19-21-9-6-7-10-22(21)20-28-15-17-29-18-16-28/h6-7,9-10H,4-5,8,11-20H2,1-3H3,(H2,24,25,26). The Morgan fingerprint density at radius 2 is 1.72 bits per heavy atom. The van der Waals surface area contributed by atoms with E-state index in [1.165, 1.54) is 37.1 Å². The summed E-state index contributed by atoms with van der Waals surface area (Å²) in [5.41, 5.74) is 2.71. The molecule has 29 heavy (non-hydrogen) atoms. The van der Waals surface area contributed by atoms with E-state index in [1.807, 2.05) is 7.05 Å². The van der Waals surface area contributed by atoms with Gasteiger partial charge in [-0.15, -0.1) is 0 Å². The topological polar surface area (TPSA) is 52.1 Å². The van der Waals surface area contributed by atoms with Gasteiger partial charge in [0.2, 0.25) is 0 Å². The Hall–Kier alpha value is -1.63. The van der Waals surface area contributed by atoms with Gasteiger partial charge in [0, 0.05) is 39.8 Å². The van der Waals surface area contributed by atoms with Crippen LogP contribution in [0.4, 0.5) is 0 Å². The van der Waals surface area contributed by atoms with Crippen LogP contribution < -0.4 is 10.6 Å². The monoisotopic (exact) mass is 403 g/mol. The van der Waals surface area contributed by atoms with E-state index in [-0.39, 0.29) is 0 Å². The molecule has 0 aliphatic carbocycles. The average molecular weight is 404 g/mol. The lowest BCUT2D eigenvalue weighted by Crippen LogP contribution is -2.39. The van der Waals surface area contributed by atoms with Crippen LogP contribution >= 0.6 is 0 Å². The van der Waals surface area contributed by atoms with Crippen molar-refractivity contribution in [3.05, 3.63) is 35.4 Å². The highest BCUT2D eigenvalue weighted by Crippen LogP contribution is 2.13. The molecule has 1 heterocycles. The van der Waals surface area contributed by atoms with Gasteiger partial charge in [0.25, 0.3) is 0 Å². The normalized spacial score (nSPS) is 15.7. The van der Waals surface area contributed by atoms with Crippen LogP contribution in [0.3, 0.4) is 0 Å². The van der Waals surface area contributed by atoms with Crippen molar-refractivity contribution in [2.75, 3.05) is 59.5 Å². The summed E-state index contributed by atoms with van der Waals surface area (Å²) in [4.78, 5) is 9.41. The fourth-order valence-corrected chi connectivity index (χ4v) is 3.76. The third kappa shape index (κ3) is 9.15. The second-order valence-corrected chi connectivity index (χ2v) is 7.70. The highest BCUT2D eigenvalue weighted by Gasteiger charge is 2.12. The Bertz CT molecular complexity index is 580. The zero-order chi connectivity index (χ0) is 20.7. The van der Waals surface area contributed by atoms with Gasteiger partial charge in [-0.25, -0.2) is 0 Å². The average Bonchev–Trinajstić information content (AvgIpc) is 2.75. The van der Waals surface area contributed by atoms with E-state index in [2.05, 4.69) is 63.5 Å². The van der Waals surface area contributed by atoms with Gasteiger partial charge in [0.1, 0.15) is 0 Å². The smallest absolute Gasteiger partial charge is 0.191 e. The van der Waals surface area contributed by atoms with Crippen molar-refractivity contribution in [3.63, 3.8) is 0 Å².